The van der Waals surface area contributed by atoms with Crippen LogP contribution < -0.4 is 15.4 Å². The van der Waals surface area contributed by atoms with E-state index in [1.165, 1.54) is 18.3 Å². The van der Waals surface area contributed by atoms with E-state index in [0.717, 1.165) is 0 Å². The number of hydrogen-bond donors (Lipinski definition) is 1. The number of anilines is 2. The van der Waals surface area contributed by atoms with Crippen LogP contribution in [-0.2, 0) is 0 Å². The van der Waals surface area contributed by atoms with Crippen LogP contribution in [0.25, 0.3) is 0 Å². The standard InChI is InChI=1S/C11H16F3N5O/c1-20-8-9(15)16-7-17-10(8)19-4-2-18(3-5-19)6-11(12,13)14/h7H,2-6H2,1H3,(H2,15,16,17). The first-order chi connectivity index (χ1) is 9.40. The molecule has 20 heavy (non-hydrogen) atoms. The lowest BCUT2D eigenvalue weighted by atomic mass is 10.3. The molecule has 0 aliphatic carbocycles. The number of aromatic nitrogens is 2. The smallest absolute Gasteiger partial charge is 0.401 e. The van der Waals surface area contributed by atoms with E-state index < -0.39 is 12.7 Å². The lowest BCUT2D eigenvalue weighted by molar-refractivity contribution is -0.146. The van der Waals surface area contributed by atoms with Gasteiger partial charge in [-0.15, -0.1) is 0 Å². The van der Waals surface area contributed by atoms with Crippen LogP contribution >= 0.6 is 0 Å². The van der Waals surface area contributed by atoms with E-state index in [-0.39, 0.29) is 5.82 Å². The largest absolute Gasteiger partial charge is 0.490 e. The van der Waals surface area contributed by atoms with Crippen LogP contribution in [0.2, 0.25) is 0 Å². The number of methoxy groups -OCH3 is 1. The van der Waals surface area contributed by atoms with Gasteiger partial charge in [0.25, 0.3) is 0 Å². The van der Waals surface area contributed by atoms with Crippen molar-refractivity contribution in [2.45, 2.75) is 6.18 Å². The number of alkyl halides is 3. The predicted octanol–water partition coefficient (Wildman–Crippen LogP) is 0.752. The summed E-state index contributed by atoms with van der Waals surface area (Å²) >= 11 is 0. The number of ether oxygens (including phenoxy) is 1. The van der Waals surface area contributed by atoms with E-state index >= 15 is 0 Å². The first-order valence-corrected chi connectivity index (χ1v) is 6.09. The second-order valence-corrected chi connectivity index (χ2v) is 4.49. The molecule has 0 spiro atoms. The van der Waals surface area contributed by atoms with Crippen LogP contribution in [0.5, 0.6) is 5.75 Å². The summed E-state index contributed by atoms with van der Waals surface area (Å²) in [6, 6.07) is 0. The summed E-state index contributed by atoms with van der Waals surface area (Å²) in [6.45, 7) is 0.606. The number of nitrogens with two attached hydrogens (primary N) is 1. The van der Waals surface area contributed by atoms with E-state index in [9.17, 15) is 13.2 Å². The Labute approximate surface area is 114 Å². The topological polar surface area (TPSA) is 67.5 Å². The molecule has 0 unspecified atom stereocenters. The molecule has 2 N–H and O–H groups in total. The second-order valence-electron chi connectivity index (χ2n) is 4.49. The maximum absolute atomic E-state index is 12.3. The summed E-state index contributed by atoms with van der Waals surface area (Å²) in [5.74, 6) is 1.10. The molecule has 0 amide bonds. The molecule has 0 atom stereocenters. The summed E-state index contributed by atoms with van der Waals surface area (Å²) in [7, 11) is 1.46. The van der Waals surface area contributed by atoms with Crippen molar-refractivity contribution in [2.75, 3.05) is 50.5 Å². The van der Waals surface area contributed by atoms with Gasteiger partial charge in [-0.3, -0.25) is 4.90 Å². The minimum Gasteiger partial charge on any atom is -0.490 e. The van der Waals surface area contributed by atoms with Gasteiger partial charge < -0.3 is 15.4 Å². The van der Waals surface area contributed by atoms with Crippen molar-refractivity contribution in [1.29, 1.82) is 0 Å². The summed E-state index contributed by atoms with van der Waals surface area (Å²) in [6.07, 6.45) is -2.85. The fraction of sp³-hybridized carbons (Fsp3) is 0.636. The van der Waals surface area contributed by atoms with Crippen LogP contribution in [0, 0.1) is 0 Å². The Balaban J connectivity index is 2.02. The molecule has 1 fully saturated rings. The van der Waals surface area contributed by atoms with Gasteiger partial charge in [-0.1, -0.05) is 0 Å². The quantitative estimate of drug-likeness (QED) is 0.886. The fourth-order valence-electron chi connectivity index (χ4n) is 2.17. The van der Waals surface area contributed by atoms with Gasteiger partial charge in [0.05, 0.1) is 13.7 Å². The fourth-order valence-corrected chi connectivity index (χ4v) is 2.17. The Bertz CT molecular complexity index is 460. The van der Waals surface area contributed by atoms with Crippen LogP contribution in [0.15, 0.2) is 6.33 Å². The molecule has 1 aromatic heterocycles. The van der Waals surface area contributed by atoms with Crippen molar-refractivity contribution in [3.63, 3.8) is 0 Å². The normalized spacial score (nSPS) is 17.3. The molecule has 0 aromatic carbocycles. The maximum atomic E-state index is 12.3. The van der Waals surface area contributed by atoms with Crippen LogP contribution in [0.4, 0.5) is 24.8 Å². The maximum Gasteiger partial charge on any atom is 0.401 e. The first kappa shape index (κ1) is 14.6. The van der Waals surface area contributed by atoms with Gasteiger partial charge in [0.2, 0.25) is 5.75 Å². The number of halogens is 3. The van der Waals surface area contributed by atoms with Crippen LogP contribution in [-0.4, -0.2) is 60.9 Å². The van der Waals surface area contributed by atoms with Crippen molar-refractivity contribution >= 4 is 11.6 Å². The SMILES string of the molecule is COc1c(N)ncnc1N1CCN(CC(F)(F)F)CC1. The Kier molecular flexibility index (Phi) is 4.17. The number of rotatable bonds is 3. The van der Waals surface area contributed by atoms with E-state index in [0.29, 0.717) is 37.7 Å². The number of nitrogen functional groups attached to an aromatic ring is 1. The molecule has 112 valence electrons. The summed E-state index contributed by atoms with van der Waals surface area (Å²) in [5, 5.41) is 0. The molecule has 1 aliphatic heterocycles. The third kappa shape index (κ3) is 3.41. The van der Waals surface area contributed by atoms with Gasteiger partial charge in [0, 0.05) is 26.2 Å². The highest BCUT2D eigenvalue weighted by atomic mass is 19.4. The lowest BCUT2D eigenvalue weighted by Crippen LogP contribution is -2.49. The average molecular weight is 291 g/mol. The molecule has 0 bridgehead atoms. The van der Waals surface area contributed by atoms with Gasteiger partial charge in [-0.2, -0.15) is 13.2 Å². The van der Waals surface area contributed by atoms with Crippen molar-refractivity contribution in [3.05, 3.63) is 6.33 Å². The van der Waals surface area contributed by atoms with Crippen molar-refractivity contribution < 1.29 is 17.9 Å². The summed E-state index contributed by atoms with van der Waals surface area (Å²) in [5.41, 5.74) is 5.69. The Hall–Kier alpha value is -1.77. The Morgan fingerprint density at radius 1 is 1.25 bits per heavy atom. The first-order valence-electron chi connectivity index (χ1n) is 6.09. The van der Waals surface area contributed by atoms with E-state index in [1.54, 1.807) is 0 Å². The van der Waals surface area contributed by atoms with E-state index in [1.807, 2.05) is 4.90 Å². The number of hydrogen-bond acceptors (Lipinski definition) is 6. The van der Waals surface area contributed by atoms with E-state index in [4.69, 9.17) is 10.5 Å². The Morgan fingerprint density at radius 3 is 2.45 bits per heavy atom. The highest BCUT2D eigenvalue weighted by molar-refractivity contribution is 5.62. The third-order valence-corrected chi connectivity index (χ3v) is 3.09. The molecule has 2 rings (SSSR count). The van der Waals surface area contributed by atoms with Gasteiger partial charge in [0.15, 0.2) is 11.6 Å². The van der Waals surface area contributed by atoms with Gasteiger partial charge in [-0.25, -0.2) is 9.97 Å². The van der Waals surface area contributed by atoms with Crippen molar-refractivity contribution in [2.24, 2.45) is 0 Å². The van der Waals surface area contributed by atoms with Gasteiger partial charge in [-0.05, 0) is 0 Å². The van der Waals surface area contributed by atoms with E-state index in [2.05, 4.69) is 9.97 Å². The summed E-state index contributed by atoms with van der Waals surface area (Å²) < 4.78 is 42.1. The average Bonchev–Trinajstić information content (AvgIpc) is 2.37. The predicted molar refractivity (Wildman–Crippen MR) is 67.7 cm³/mol. The van der Waals surface area contributed by atoms with Crippen LogP contribution in [0.3, 0.4) is 0 Å². The minimum absolute atomic E-state index is 0.218. The Morgan fingerprint density at radius 2 is 1.90 bits per heavy atom. The highest BCUT2D eigenvalue weighted by Gasteiger charge is 2.32. The number of nitrogens with zero attached hydrogens (tertiary/aromatic N) is 4. The third-order valence-electron chi connectivity index (χ3n) is 3.09. The molecule has 1 saturated heterocycles. The molecular formula is C11H16F3N5O. The zero-order chi connectivity index (χ0) is 14.8. The second kappa shape index (κ2) is 5.70. The molecule has 1 aliphatic rings. The summed E-state index contributed by atoms with van der Waals surface area (Å²) in [4.78, 5) is 11.1. The lowest BCUT2D eigenvalue weighted by Gasteiger charge is -2.36. The molecule has 9 heteroatoms. The zero-order valence-electron chi connectivity index (χ0n) is 11.0. The van der Waals surface area contributed by atoms with Crippen molar-refractivity contribution in [1.82, 2.24) is 14.9 Å². The van der Waals surface area contributed by atoms with Gasteiger partial charge >= 0.3 is 6.18 Å². The van der Waals surface area contributed by atoms with Crippen molar-refractivity contribution in [3.8, 4) is 5.75 Å². The zero-order valence-corrected chi connectivity index (χ0v) is 11.0. The minimum atomic E-state index is -4.17. The molecule has 1 aromatic rings. The highest BCUT2D eigenvalue weighted by Crippen LogP contribution is 2.30. The molecular weight excluding hydrogens is 275 g/mol. The van der Waals surface area contributed by atoms with Gasteiger partial charge in [0.1, 0.15) is 6.33 Å². The van der Waals surface area contributed by atoms with Crippen LogP contribution in [0.1, 0.15) is 0 Å². The monoisotopic (exact) mass is 291 g/mol. The molecule has 0 saturated carbocycles. The molecule has 6 nitrogen and oxygen atoms in total. The number of piperazine rings is 1. The molecule has 2 heterocycles. The molecule has 0 radical (unpaired) electrons.